The van der Waals surface area contributed by atoms with Crippen molar-refractivity contribution in [2.75, 3.05) is 33.1 Å². The van der Waals surface area contributed by atoms with Crippen molar-refractivity contribution in [1.29, 1.82) is 0 Å². The van der Waals surface area contributed by atoms with Gasteiger partial charge in [-0.2, -0.15) is 0 Å². The molecule has 0 fully saturated rings. The van der Waals surface area contributed by atoms with Gasteiger partial charge in [-0.25, -0.2) is 12.7 Å². The molecule has 0 heterocycles. The number of nitrogens with one attached hydrogen (secondary N) is 1. The van der Waals surface area contributed by atoms with Crippen LogP contribution in [-0.2, 0) is 14.8 Å². The van der Waals surface area contributed by atoms with Crippen molar-refractivity contribution in [3.8, 4) is 11.5 Å². The molecule has 0 aliphatic heterocycles. The summed E-state index contributed by atoms with van der Waals surface area (Å²) in [6.45, 7) is 1.74. The summed E-state index contributed by atoms with van der Waals surface area (Å²) in [5.41, 5.74) is 1.36. The van der Waals surface area contributed by atoms with Gasteiger partial charge >= 0.3 is 0 Å². The van der Waals surface area contributed by atoms with E-state index >= 15 is 0 Å². The number of hydrogen-bond acceptors (Lipinski definition) is 5. The lowest BCUT2D eigenvalue weighted by molar-refractivity contribution is -0.118. The minimum Gasteiger partial charge on any atom is -0.495 e. The Bertz CT molecular complexity index is 894. The van der Waals surface area contributed by atoms with Crippen molar-refractivity contribution in [2.24, 2.45) is 0 Å². The molecule has 0 unspecified atom stereocenters. The molecule has 0 saturated carbocycles. The summed E-state index contributed by atoms with van der Waals surface area (Å²) in [6, 6.07) is 11.8. The highest BCUT2D eigenvalue weighted by Crippen LogP contribution is 2.28. The number of rotatable bonds is 7. The van der Waals surface area contributed by atoms with Crippen LogP contribution >= 0.6 is 0 Å². The molecule has 0 radical (unpaired) electrons. The fourth-order valence-corrected chi connectivity index (χ4v) is 3.28. The Kier molecular flexibility index (Phi) is 6.23. The minimum absolute atomic E-state index is 0.0256. The van der Waals surface area contributed by atoms with E-state index in [1.807, 2.05) is 25.1 Å². The van der Waals surface area contributed by atoms with Gasteiger partial charge in [-0.3, -0.25) is 4.79 Å². The number of benzene rings is 2. The molecule has 0 aliphatic carbocycles. The largest absolute Gasteiger partial charge is 0.495 e. The van der Waals surface area contributed by atoms with Gasteiger partial charge < -0.3 is 14.8 Å². The first-order valence-corrected chi connectivity index (χ1v) is 9.28. The third kappa shape index (κ3) is 4.74. The molecule has 1 N–H and O–H groups in total. The fraction of sp³-hybridized carbons (Fsp3) is 0.278. The zero-order chi connectivity index (χ0) is 19.3. The van der Waals surface area contributed by atoms with Crippen LogP contribution in [-0.4, -0.2) is 46.4 Å². The molecule has 1 amide bonds. The molecular weight excluding hydrogens is 356 g/mol. The minimum atomic E-state index is -3.71. The van der Waals surface area contributed by atoms with E-state index in [0.717, 1.165) is 9.87 Å². The van der Waals surface area contributed by atoms with Gasteiger partial charge in [0.1, 0.15) is 16.4 Å². The van der Waals surface area contributed by atoms with Crippen molar-refractivity contribution in [3.05, 3.63) is 48.0 Å². The zero-order valence-electron chi connectivity index (χ0n) is 15.1. The smallest absolute Gasteiger partial charge is 0.262 e. The number of anilines is 1. The molecule has 0 aliphatic rings. The molecule has 8 heteroatoms. The van der Waals surface area contributed by atoms with E-state index < -0.39 is 15.9 Å². The molecule has 0 bridgehead atoms. The van der Waals surface area contributed by atoms with Crippen LogP contribution in [0.1, 0.15) is 5.56 Å². The van der Waals surface area contributed by atoms with Gasteiger partial charge in [-0.1, -0.05) is 12.1 Å². The third-order valence-corrected chi connectivity index (χ3v) is 5.40. The molecule has 0 saturated heterocycles. The highest BCUT2D eigenvalue weighted by atomic mass is 32.2. The normalized spacial score (nSPS) is 11.3. The Hall–Kier alpha value is -2.58. The van der Waals surface area contributed by atoms with Crippen molar-refractivity contribution in [3.63, 3.8) is 0 Å². The predicted molar refractivity (Wildman–Crippen MR) is 99.2 cm³/mol. The van der Waals surface area contributed by atoms with E-state index in [0.29, 0.717) is 11.4 Å². The number of methoxy groups -OCH3 is 1. The van der Waals surface area contributed by atoms with E-state index in [2.05, 4.69) is 5.32 Å². The second-order valence-electron chi connectivity index (χ2n) is 5.81. The fourth-order valence-electron chi connectivity index (χ4n) is 2.20. The predicted octanol–water partition coefficient (Wildman–Crippen LogP) is 2.27. The number of nitrogens with zero attached hydrogens (tertiary/aromatic N) is 1. The summed E-state index contributed by atoms with van der Waals surface area (Å²) in [5, 5.41) is 2.63. The molecule has 2 aromatic rings. The van der Waals surface area contributed by atoms with Gasteiger partial charge in [0.05, 0.1) is 7.11 Å². The highest BCUT2D eigenvalue weighted by Gasteiger charge is 2.23. The van der Waals surface area contributed by atoms with Crippen LogP contribution in [0, 0.1) is 6.92 Å². The van der Waals surface area contributed by atoms with Crippen LogP contribution in [0.15, 0.2) is 47.4 Å². The lowest BCUT2D eigenvalue weighted by Gasteiger charge is -2.16. The molecular formula is C18H22N2O5S. The highest BCUT2D eigenvalue weighted by molar-refractivity contribution is 7.89. The van der Waals surface area contributed by atoms with Crippen LogP contribution in [0.4, 0.5) is 5.69 Å². The molecule has 2 rings (SSSR count). The molecule has 26 heavy (non-hydrogen) atoms. The summed E-state index contributed by atoms with van der Waals surface area (Å²) in [4.78, 5) is 12.1. The maximum absolute atomic E-state index is 12.4. The number of carbonyl (C=O) groups is 1. The van der Waals surface area contributed by atoms with E-state index in [1.54, 1.807) is 12.1 Å². The Labute approximate surface area is 153 Å². The molecule has 0 aromatic heterocycles. The second-order valence-corrected chi connectivity index (χ2v) is 7.93. The van der Waals surface area contributed by atoms with E-state index in [1.165, 1.54) is 33.3 Å². The van der Waals surface area contributed by atoms with Crippen LogP contribution in [0.5, 0.6) is 11.5 Å². The third-order valence-electron chi connectivity index (χ3n) is 3.57. The monoisotopic (exact) mass is 378 g/mol. The lowest BCUT2D eigenvalue weighted by Crippen LogP contribution is -2.24. The number of sulfonamides is 1. The average molecular weight is 378 g/mol. The summed E-state index contributed by atoms with van der Waals surface area (Å²) < 4.78 is 36.4. The quantitative estimate of drug-likeness (QED) is 0.799. The SMILES string of the molecule is COc1ccc(NC(=O)COc2cccc(C)c2)cc1S(=O)(=O)N(C)C. The van der Waals surface area contributed by atoms with E-state index in [4.69, 9.17) is 9.47 Å². The number of ether oxygens (including phenoxy) is 2. The molecule has 0 spiro atoms. The second kappa shape index (κ2) is 8.20. The number of aryl methyl sites for hydroxylation is 1. The van der Waals surface area contributed by atoms with Crippen LogP contribution in [0.3, 0.4) is 0 Å². The van der Waals surface area contributed by atoms with Gasteiger partial charge in [0.25, 0.3) is 5.91 Å². The van der Waals surface area contributed by atoms with Gasteiger partial charge in [0.15, 0.2) is 6.61 Å². The first-order chi connectivity index (χ1) is 12.2. The lowest BCUT2D eigenvalue weighted by atomic mass is 10.2. The maximum Gasteiger partial charge on any atom is 0.262 e. The Morgan fingerprint density at radius 3 is 2.50 bits per heavy atom. The summed E-state index contributed by atoms with van der Waals surface area (Å²) in [7, 11) is 0.527. The van der Waals surface area contributed by atoms with Crippen LogP contribution < -0.4 is 14.8 Å². The van der Waals surface area contributed by atoms with Gasteiger partial charge in [0.2, 0.25) is 10.0 Å². The van der Waals surface area contributed by atoms with Crippen LogP contribution in [0.2, 0.25) is 0 Å². The zero-order valence-corrected chi connectivity index (χ0v) is 16.0. The average Bonchev–Trinajstić information content (AvgIpc) is 2.60. The standard InChI is InChI=1S/C18H22N2O5S/c1-13-6-5-7-15(10-13)25-12-18(21)19-14-8-9-16(24-4)17(11-14)26(22,23)20(2)3/h5-11H,12H2,1-4H3,(H,19,21). The van der Waals surface area contributed by atoms with Crippen molar-refractivity contribution >= 4 is 21.6 Å². The summed E-state index contributed by atoms with van der Waals surface area (Å²) in [6.07, 6.45) is 0. The summed E-state index contributed by atoms with van der Waals surface area (Å²) >= 11 is 0. The first kappa shape index (κ1) is 19.7. The van der Waals surface area contributed by atoms with Crippen molar-refractivity contribution in [2.45, 2.75) is 11.8 Å². The Morgan fingerprint density at radius 2 is 1.88 bits per heavy atom. The topological polar surface area (TPSA) is 84.9 Å². The number of carbonyl (C=O) groups excluding carboxylic acids is 1. The summed E-state index contributed by atoms with van der Waals surface area (Å²) in [5.74, 6) is 0.392. The van der Waals surface area contributed by atoms with Gasteiger partial charge in [-0.05, 0) is 42.8 Å². The van der Waals surface area contributed by atoms with Crippen LogP contribution in [0.25, 0.3) is 0 Å². The van der Waals surface area contributed by atoms with E-state index in [-0.39, 0.29) is 17.3 Å². The number of amides is 1. The Balaban J connectivity index is 2.13. The van der Waals surface area contributed by atoms with Gasteiger partial charge in [-0.15, -0.1) is 0 Å². The Morgan fingerprint density at radius 1 is 1.15 bits per heavy atom. The molecule has 2 aromatic carbocycles. The molecule has 7 nitrogen and oxygen atoms in total. The van der Waals surface area contributed by atoms with Crippen molar-refractivity contribution < 1.29 is 22.7 Å². The molecule has 140 valence electrons. The van der Waals surface area contributed by atoms with Gasteiger partial charge in [0, 0.05) is 19.8 Å². The van der Waals surface area contributed by atoms with Crippen molar-refractivity contribution in [1.82, 2.24) is 4.31 Å². The number of hydrogen-bond donors (Lipinski definition) is 1. The molecule has 0 atom stereocenters. The van der Waals surface area contributed by atoms with E-state index in [9.17, 15) is 13.2 Å². The maximum atomic E-state index is 12.4. The first-order valence-electron chi connectivity index (χ1n) is 7.84.